The molecular formula is C26H32BBr2IN2O4. The Balaban J connectivity index is 0.000000157. The Morgan fingerprint density at radius 2 is 1.39 bits per heavy atom. The zero-order valence-corrected chi connectivity index (χ0v) is 26.4. The minimum absolute atomic E-state index is 0.182. The van der Waals surface area contributed by atoms with Gasteiger partial charge in [-0.15, -0.1) is 0 Å². The Bertz CT molecular complexity index is 1010. The predicted octanol–water partition coefficient (Wildman–Crippen LogP) is 7.06. The van der Waals surface area contributed by atoms with Crippen LogP contribution in [0.25, 0.3) is 5.57 Å². The zero-order chi connectivity index (χ0) is 26.2. The fraction of sp³-hybridized carbons (Fsp3) is 0.462. The highest BCUT2D eigenvalue weighted by atomic mass is 127. The Labute approximate surface area is 245 Å². The molecule has 0 amide bonds. The van der Waals surface area contributed by atoms with Gasteiger partial charge in [-0.05, 0) is 130 Å². The van der Waals surface area contributed by atoms with E-state index in [9.17, 15) is 0 Å². The van der Waals surface area contributed by atoms with Crippen LogP contribution in [0.1, 0.15) is 46.1 Å². The average molecular weight is 734 g/mol. The molecule has 0 radical (unpaired) electrons. The Kier molecular flexibility index (Phi) is 11.6. The molecule has 0 atom stereocenters. The van der Waals surface area contributed by atoms with Crippen molar-refractivity contribution in [2.45, 2.75) is 51.7 Å². The van der Waals surface area contributed by atoms with Crippen molar-refractivity contribution in [2.24, 2.45) is 0 Å². The van der Waals surface area contributed by atoms with Crippen LogP contribution in [0.5, 0.6) is 0 Å². The molecule has 0 aliphatic carbocycles. The van der Waals surface area contributed by atoms with Crippen LogP contribution in [0, 0.1) is 3.57 Å². The van der Waals surface area contributed by atoms with Crippen LogP contribution < -0.4 is 0 Å². The highest BCUT2D eigenvalue weighted by molar-refractivity contribution is 14.1. The van der Waals surface area contributed by atoms with Crippen LogP contribution in [0.15, 0.2) is 63.5 Å². The highest BCUT2D eigenvalue weighted by Gasteiger charge is 2.52. The number of aromatic nitrogens is 2. The van der Waals surface area contributed by atoms with Crippen molar-refractivity contribution in [3.05, 3.63) is 72.6 Å². The fourth-order valence-corrected chi connectivity index (χ4v) is 4.25. The van der Waals surface area contributed by atoms with Crippen molar-refractivity contribution in [1.29, 1.82) is 0 Å². The van der Waals surface area contributed by atoms with Crippen molar-refractivity contribution in [1.82, 2.24) is 9.97 Å². The van der Waals surface area contributed by atoms with Crippen LogP contribution in [0.2, 0.25) is 0 Å². The van der Waals surface area contributed by atoms with E-state index in [1.54, 1.807) is 0 Å². The van der Waals surface area contributed by atoms with Crippen molar-refractivity contribution in [3.63, 3.8) is 0 Å². The van der Waals surface area contributed by atoms with E-state index in [2.05, 4.69) is 110 Å². The molecule has 5 heterocycles. The molecule has 1 saturated heterocycles. The summed E-state index contributed by atoms with van der Waals surface area (Å²) in [6.07, 6.45) is 9.80. The van der Waals surface area contributed by atoms with Gasteiger partial charge in [0.25, 0.3) is 0 Å². The lowest BCUT2D eigenvalue weighted by molar-refractivity contribution is 0.00578. The molecule has 0 unspecified atom stereocenters. The van der Waals surface area contributed by atoms with Crippen LogP contribution >= 0.6 is 54.5 Å². The van der Waals surface area contributed by atoms with Gasteiger partial charge in [0.2, 0.25) is 0 Å². The van der Waals surface area contributed by atoms with E-state index in [0.717, 1.165) is 45.4 Å². The van der Waals surface area contributed by atoms with Crippen LogP contribution in [-0.2, 0) is 18.8 Å². The topological polar surface area (TPSA) is 62.7 Å². The summed E-state index contributed by atoms with van der Waals surface area (Å²) in [5, 5.41) is 0. The molecule has 3 aliphatic heterocycles. The zero-order valence-electron chi connectivity index (χ0n) is 21.1. The number of hydrogen-bond donors (Lipinski definition) is 0. The Morgan fingerprint density at radius 1 is 0.806 bits per heavy atom. The van der Waals surface area contributed by atoms with Gasteiger partial charge in [0, 0.05) is 16.0 Å². The lowest BCUT2D eigenvalue weighted by Crippen LogP contribution is -2.41. The van der Waals surface area contributed by atoms with Crippen LogP contribution in [0.3, 0.4) is 0 Å². The lowest BCUT2D eigenvalue weighted by atomic mass is 9.75. The first-order valence-corrected chi connectivity index (χ1v) is 14.5. The van der Waals surface area contributed by atoms with Crippen molar-refractivity contribution >= 4 is 67.1 Å². The maximum Gasteiger partial charge on any atom is 0.490 e. The van der Waals surface area contributed by atoms with E-state index in [4.69, 9.17) is 18.8 Å². The van der Waals surface area contributed by atoms with Gasteiger partial charge < -0.3 is 18.8 Å². The summed E-state index contributed by atoms with van der Waals surface area (Å²) in [5.74, 6) is 0. The van der Waals surface area contributed by atoms with Gasteiger partial charge in [-0.1, -0.05) is 18.2 Å². The summed E-state index contributed by atoms with van der Waals surface area (Å²) in [6.45, 7) is 11.3. The smallest absolute Gasteiger partial charge is 0.400 e. The molecule has 6 nitrogen and oxygen atoms in total. The number of nitrogens with zero attached hydrogens (tertiary/aromatic N) is 2. The molecule has 1 fully saturated rings. The van der Waals surface area contributed by atoms with Crippen LogP contribution in [0.4, 0.5) is 0 Å². The molecule has 2 aromatic heterocycles. The molecule has 0 bridgehead atoms. The van der Waals surface area contributed by atoms with Crippen molar-refractivity contribution < 1.29 is 18.8 Å². The van der Waals surface area contributed by atoms with Crippen molar-refractivity contribution in [3.8, 4) is 0 Å². The minimum atomic E-state index is -0.239. The first kappa shape index (κ1) is 29.9. The standard InChI is InChI=1S/C11H19BO3.C10H10BrNO.C5H3BrIN/c1-10(2)11(3,4)15-12(14-10)9-5-7-13-8-6-9;11-10-2-1-9(7-12-10)8-3-5-13-6-4-8;6-5-2-1-4(7)3-8-5/h5H,6-8H2,1-4H3;1-3,7H,4-6H2;1-3H. The molecule has 0 N–H and O–H groups in total. The summed E-state index contributed by atoms with van der Waals surface area (Å²) in [4.78, 5) is 8.18. The number of rotatable bonds is 2. The Hall–Kier alpha value is -0.625. The van der Waals surface area contributed by atoms with E-state index in [-0.39, 0.29) is 18.3 Å². The molecule has 3 aliphatic rings. The predicted molar refractivity (Wildman–Crippen MR) is 160 cm³/mol. The molecular weight excluding hydrogens is 702 g/mol. The second kappa shape index (κ2) is 14.0. The maximum absolute atomic E-state index is 5.96. The summed E-state index contributed by atoms with van der Waals surface area (Å²) >= 11 is 8.76. The van der Waals surface area contributed by atoms with E-state index >= 15 is 0 Å². The lowest BCUT2D eigenvalue weighted by Gasteiger charge is -2.32. The van der Waals surface area contributed by atoms with Gasteiger partial charge >= 0.3 is 7.12 Å². The number of ether oxygens (including phenoxy) is 2. The van der Waals surface area contributed by atoms with Gasteiger partial charge in [-0.3, -0.25) is 0 Å². The molecule has 5 rings (SSSR count). The summed E-state index contributed by atoms with van der Waals surface area (Å²) < 4.78 is 25.4. The van der Waals surface area contributed by atoms with Crippen LogP contribution in [-0.4, -0.2) is 54.7 Å². The fourth-order valence-electron chi connectivity index (χ4n) is 3.46. The average Bonchev–Trinajstić information content (AvgIpc) is 3.10. The van der Waals surface area contributed by atoms with E-state index in [1.807, 2.05) is 30.6 Å². The van der Waals surface area contributed by atoms with Gasteiger partial charge in [0.05, 0.1) is 37.6 Å². The second-order valence-corrected chi connectivity index (χ2v) is 12.3. The quantitative estimate of drug-likeness (QED) is 0.187. The molecule has 36 heavy (non-hydrogen) atoms. The first-order chi connectivity index (χ1) is 17.1. The highest BCUT2D eigenvalue weighted by Crippen LogP contribution is 2.39. The summed E-state index contributed by atoms with van der Waals surface area (Å²) in [7, 11) is -0.182. The van der Waals surface area contributed by atoms with Gasteiger partial charge in [0.15, 0.2) is 0 Å². The SMILES string of the molecule is Brc1ccc(C2=CCOCC2)cn1.Brc1ccc(I)cn1.CC1(C)OB(C2=CCOCC2)OC1(C)C. The Morgan fingerprint density at radius 3 is 1.83 bits per heavy atom. The maximum atomic E-state index is 5.96. The molecule has 0 saturated carbocycles. The number of halogens is 3. The van der Waals surface area contributed by atoms with Crippen molar-refractivity contribution in [2.75, 3.05) is 26.4 Å². The van der Waals surface area contributed by atoms with E-state index < -0.39 is 0 Å². The molecule has 0 spiro atoms. The third kappa shape index (κ3) is 8.99. The van der Waals surface area contributed by atoms with Gasteiger partial charge in [0.1, 0.15) is 9.21 Å². The van der Waals surface area contributed by atoms with E-state index in [0.29, 0.717) is 6.61 Å². The molecule has 2 aromatic rings. The molecule has 10 heteroatoms. The van der Waals surface area contributed by atoms with Gasteiger partial charge in [-0.2, -0.15) is 0 Å². The molecule has 194 valence electrons. The summed E-state index contributed by atoms with van der Waals surface area (Å²) in [6, 6.07) is 7.96. The minimum Gasteiger partial charge on any atom is -0.400 e. The monoisotopic (exact) mass is 732 g/mol. The normalized spacial score (nSPS) is 20.2. The van der Waals surface area contributed by atoms with Gasteiger partial charge in [-0.25, -0.2) is 9.97 Å². The van der Waals surface area contributed by atoms with E-state index in [1.165, 1.54) is 16.6 Å². The summed E-state index contributed by atoms with van der Waals surface area (Å²) in [5.41, 5.74) is 3.28. The third-order valence-electron chi connectivity index (χ3n) is 6.31. The largest absolute Gasteiger partial charge is 0.490 e. The molecule has 0 aromatic carbocycles. The first-order valence-electron chi connectivity index (χ1n) is 11.9. The second-order valence-electron chi connectivity index (χ2n) is 9.42. The number of pyridine rings is 2. The number of hydrogen-bond acceptors (Lipinski definition) is 6. The third-order valence-corrected chi connectivity index (χ3v) is 7.88.